The Morgan fingerprint density at radius 1 is 1.44 bits per heavy atom. The Morgan fingerprint density at radius 3 is 3.06 bits per heavy atom. The molecule has 0 radical (unpaired) electrons. The number of anilines is 1. The first-order valence-corrected chi connectivity index (χ1v) is 5.85. The molecule has 0 spiro atoms. The van der Waals surface area contributed by atoms with Crippen LogP contribution in [0.15, 0.2) is 43.0 Å². The summed E-state index contributed by atoms with van der Waals surface area (Å²) in [5.41, 5.74) is 6.66. The smallest absolute Gasteiger partial charge is 0.248 e. The van der Waals surface area contributed by atoms with Gasteiger partial charge in [0.15, 0.2) is 0 Å². The molecule has 0 aliphatic heterocycles. The fourth-order valence-corrected chi connectivity index (χ4v) is 1.70. The molecule has 2 rings (SSSR count). The number of nitrogens with one attached hydrogen (secondary N) is 1. The number of carbonyl (C=O) groups excluding carboxylic acids is 1. The van der Waals surface area contributed by atoms with Crippen molar-refractivity contribution in [3.8, 4) is 0 Å². The monoisotopic (exact) mass is 244 g/mol. The van der Waals surface area contributed by atoms with Crippen molar-refractivity contribution in [2.45, 2.75) is 13.0 Å². The summed E-state index contributed by atoms with van der Waals surface area (Å²) < 4.78 is 2.03. The molecular weight excluding hydrogens is 228 g/mol. The van der Waals surface area contributed by atoms with E-state index in [9.17, 15) is 4.79 Å². The second-order valence-corrected chi connectivity index (χ2v) is 4.03. The minimum absolute atomic E-state index is 0.405. The Morgan fingerprint density at radius 2 is 2.33 bits per heavy atom. The van der Waals surface area contributed by atoms with Crippen LogP contribution in [0.25, 0.3) is 0 Å². The first kappa shape index (κ1) is 12.2. The summed E-state index contributed by atoms with van der Waals surface area (Å²) in [7, 11) is 0. The molecule has 0 saturated carbocycles. The summed E-state index contributed by atoms with van der Waals surface area (Å²) >= 11 is 0. The summed E-state index contributed by atoms with van der Waals surface area (Å²) in [6, 6.07) is 7.21. The predicted molar refractivity (Wildman–Crippen MR) is 70.3 cm³/mol. The average Bonchev–Trinajstić information content (AvgIpc) is 2.88. The summed E-state index contributed by atoms with van der Waals surface area (Å²) in [5.74, 6) is -0.405. The van der Waals surface area contributed by atoms with E-state index in [-0.39, 0.29) is 0 Å². The van der Waals surface area contributed by atoms with Crippen LogP contribution in [-0.4, -0.2) is 22.0 Å². The van der Waals surface area contributed by atoms with E-state index in [4.69, 9.17) is 5.73 Å². The molecule has 1 aromatic heterocycles. The van der Waals surface area contributed by atoms with E-state index in [1.807, 2.05) is 22.9 Å². The number of amides is 1. The predicted octanol–water partition coefficient (Wildman–Crippen LogP) is 1.48. The molecule has 1 heterocycles. The van der Waals surface area contributed by atoms with Gasteiger partial charge in [0, 0.05) is 36.7 Å². The number of hydrogen-bond acceptors (Lipinski definition) is 3. The third kappa shape index (κ3) is 3.35. The van der Waals surface area contributed by atoms with Crippen LogP contribution >= 0.6 is 0 Å². The molecule has 3 N–H and O–H groups in total. The zero-order valence-corrected chi connectivity index (χ0v) is 10.0. The average molecular weight is 244 g/mol. The fraction of sp³-hybridized carbons (Fsp3) is 0.231. The first-order chi connectivity index (χ1) is 8.75. The van der Waals surface area contributed by atoms with Gasteiger partial charge in [-0.3, -0.25) is 4.79 Å². The molecule has 0 atom stereocenters. The normalized spacial score (nSPS) is 10.2. The highest BCUT2D eigenvalue weighted by molar-refractivity contribution is 5.93. The van der Waals surface area contributed by atoms with Crippen LogP contribution in [0.1, 0.15) is 16.8 Å². The number of aromatic nitrogens is 2. The SMILES string of the molecule is NC(=O)c1cccc(NCCCn2ccnc2)c1. The number of aryl methyl sites for hydroxylation is 1. The third-order valence-corrected chi connectivity index (χ3v) is 2.63. The Kier molecular flexibility index (Phi) is 3.96. The van der Waals surface area contributed by atoms with E-state index < -0.39 is 5.91 Å². The molecule has 0 fully saturated rings. The van der Waals surface area contributed by atoms with Crippen molar-refractivity contribution in [1.82, 2.24) is 9.55 Å². The van der Waals surface area contributed by atoms with Crippen molar-refractivity contribution >= 4 is 11.6 Å². The summed E-state index contributed by atoms with van der Waals surface area (Å²) in [6.07, 6.45) is 6.49. The van der Waals surface area contributed by atoms with Crippen LogP contribution in [-0.2, 0) is 6.54 Å². The molecule has 5 nitrogen and oxygen atoms in total. The number of hydrogen-bond donors (Lipinski definition) is 2. The zero-order valence-electron chi connectivity index (χ0n) is 10.0. The van der Waals surface area contributed by atoms with Crippen molar-refractivity contribution in [2.75, 3.05) is 11.9 Å². The largest absolute Gasteiger partial charge is 0.385 e. The van der Waals surface area contributed by atoms with Crippen molar-refractivity contribution in [1.29, 1.82) is 0 Å². The lowest BCUT2D eigenvalue weighted by atomic mass is 10.2. The van der Waals surface area contributed by atoms with Gasteiger partial charge in [0.25, 0.3) is 0 Å². The number of imidazole rings is 1. The second kappa shape index (κ2) is 5.86. The third-order valence-electron chi connectivity index (χ3n) is 2.63. The van der Waals surface area contributed by atoms with Gasteiger partial charge in [-0.2, -0.15) is 0 Å². The molecule has 0 unspecified atom stereocenters. The molecule has 0 bridgehead atoms. The summed E-state index contributed by atoms with van der Waals surface area (Å²) in [6.45, 7) is 1.75. The van der Waals surface area contributed by atoms with E-state index in [1.54, 1.807) is 24.7 Å². The standard InChI is InChI=1S/C13H16N4O/c14-13(18)11-3-1-4-12(9-11)16-5-2-7-17-8-6-15-10-17/h1,3-4,6,8-10,16H,2,5,7H2,(H2,14,18). The lowest BCUT2D eigenvalue weighted by Gasteiger charge is -2.07. The van der Waals surface area contributed by atoms with Gasteiger partial charge in [0.1, 0.15) is 0 Å². The Labute approximate surface area is 106 Å². The van der Waals surface area contributed by atoms with E-state index in [0.717, 1.165) is 25.2 Å². The van der Waals surface area contributed by atoms with Crippen LogP contribution in [0.4, 0.5) is 5.69 Å². The maximum absolute atomic E-state index is 11.0. The van der Waals surface area contributed by atoms with Gasteiger partial charge in [0.05, 0.1) is 6.33 Å². The van der Waals surface area contributed by atoms with Crippen molar-refractivity contribution < 1.29 is 4.79 Å². The van der Waals surface area contributed by atoms with Gasteiger partial charge < -0.3 is 15.6 Å². The Hall–Kier alpha value is -2.30. The molecule has 0 saturated heterocycles. The molecule has 1 amide bonds. The van der Waals surface area contributed by atoms with E-state index in [0.29, 0.717) is 5.56 Å². The van der Waals surface area contributed by atoms with Crippen molar-refractivity contribution in [2.24, 2.45) is 5.73 Å². The van der Waals surface area contributed by atoms with Crippen molar-refractivity contribution in [3.05, 3.63) is 48.5 Å². The zero-order chi connectivity index (χ0) is 12.8. The molecule has 2 aromatic rings. The number of primary amides is 1. The molecule has 5 heteroatoms. The van der Waals surface area contributed by atoms with Gasteiger partial charge >= 0.3 is 0 Å². The topological polar surface area (TPSA) is 72.9 Å². The van der Waals surface area contributed by atoms with E-state index >= 15 is 0 Å². The second-order valence-electron chi connectivity index (χ2n) is 4.03. The molecule has 94 valence electrons. The van der Waals surface area contributed by atoms with Crippen LogP contribution in [0.5, 0.6) is 0 Å². The van der Waals surface area contributed by atoms with Crippen LogP contribution in [0, 0.1) is 0 Å². The van der Waals surface area contributed by atoms with E-state index in [2.05, 4.69) is 10.3 Å². The Bertz CT molecular complexity index is 507. The van der Waals surface area contributed by atoms with Crippen LogP contribution < -0.4 is 11.1 Å². The maximum Gasteiger partial charge on any atom is 0.248 e. The summed E-state index contributed by atoms with van der Waals surface area (Å²) in [5, 5.41) is 3.26. The molecule has 0 aliphatic carbocycles. The van der Waals surface area contributed by atoms with Gasteiger partial charge in [-0.15, -0.1) is 0 Å². The van der Waals surface area contributed by atoms with Gasteiger partial charge in [-0.05, 0) is 24.6 Å². The highest BCUT2D eigenvalue weighted by Crippen LogP contribution is 2.10. The molecule has 0 aliphatic rings. The Balaban J connectivity index is 1.79. The maximum atomic E-state index is 11.0. The van der Waals surface area contributed by atoms with Crippen LogP contribution in [0.2, 0.25) is 0 Å². The van der Waals surface area contributed by atoms with E-state index in [1.165, 1.54) is 0 Å². The number of nitrogens with zero attached hydrogens (tertiary/aromatic N) is 2. The first-order valence-electron chi connectivity index (χ1n) is 5.85. The molecular formula is C13H16N4O. The fourth-order valence-electron chi connectivity index (χ4n) is 1.70. The number of benzene rings is 1. The van der Waals surface area contributed by atoms with Gasteiger partial charge in [-0.1, -0.05) is 6.07 Å². The number of carbonyl (C=O) groups is 1. The lowest BCUT2D eigenvalue weighted by Crippen LogP contribution is -2.11. The van der Waals surface area contributed by atoms with Gasteiger partial charge in [-0.25, -0.2) is 4.98 Å². The lowest BCUT2D eigenvalue weighted by molar-refractivity contribution is 0.100. The number of nitrogens with two attached hydrogens (primary N) is 1. The summed E-state index contributed by atoms with van der Waals surface area (Å²) in [4.78, 5) is 15.0. The number of rotatable bonds is 6. The minimum Gasteiger partial charge on any atom is -0.385 e. The van der Waals surface area contributed by atoms with Gasteiger partial charge in [0.2, 0.25) is 5.91 Å². The molecule has 18 heavy (non-hydrogen) atoms. The van der Waals surface area contributed by atoms with Crippen molar-refractivity contribution in [3.63, 3.8) is 0 Å². The minimum atomic E-state index is -0.405. The van der Waals surface area contributed by atoms with Crippen LogP contribution in [0.3, 0.4) is 0 Å². The highest BCUT2D eigenvalue weighted by Gasteiger charge is 2.00. The highest BCUT2D eigenvalue weighted by atomic mass is 16.1. The quantitative estimate of drug-likeness (QED) is 0.756. The molecule has 1 aromatic carbocycles.